The maximum absolute atomic E-state index is 11.5. The Kier molecular flexibility index (Phi) is 10.3. The molecule has 0 saturated carbocycles. The fourth-order valence-corrected chi connectivity index (χ4v) is 1.75. The second-order valence-corrected chi connectivity index (χ2v) is 4.68. The van der Waals surface area contributed by atoms with Crippen molar-refractivity contribution in [2.75, 3.05) is 13.1 Å². The number of hydrogen-bond acceptors (Lipinski definition) is 3. The van der Waals surface area contributed by atoms with Crippen molar-refractivity contribution < 1.29 is 9.53 Å². The summed E-state index contributed by atoms with van der Waals surface area (Å²) in [4.78, 5) is 11.5. The van der Waals surface area contributed by atoms with E-state index in [-0.39, 0.29) is 24.4 Å². The minimum atomic E-state index is -0.0817. The number of carbonyl (C=O) groups excluding carboxylic acids is 1. The Morgan fingerprint density at radius 3 is 2.75 bits per heavy atom. The Morgan fingerprint density at radius 2 is 2.15 bits per heavy atom. The van der Waals surface area contributed by atoms with Gasteiger partial charge in [-0.05, 0) is 31.5 Å². The van der Waals surface area contributed by atoms with E-state index in [4.69, 9.17) is 22.1 Å². The highest BCUT2D eigenvalue weighted by molar-refractivity contribution is 6.32. The van der Waals surface area contributed by atoms with Gasteiger partial charge in [-0.25, -0.2) is 0 Å². The fraction of sp³-hybridized carbons (Fsp3) is 0.500. The van der Waals surface area contributed by atoms with E-state index in [9.17, 15) is 4.79 Å². The molecule has 1 aromatic carbocycles. The highest BCUT2D eigenvalue weighted by atomic mass is 35.5. The van der Waals surface area contributed by atoms with Gasteiger partial charge < -0.3 is 15.8 Å². The van der Waals surface area contributed by atoms with Crippen LogP contribution in [0.3, 0.4) is 0 Å². The first-order chi connectivity index (χ1) is 9.17. The molecular formula is C14H22Cl2N2O2. The highest BCUT2D eigenvalue weighted by Crippen LogP contribution is 2.24. The molecule has 6 heteroatoms. The summed E-state index contributed by atoms with van der Waals surface area (Å²) in [5, 5.41) is 3.42. The summed E-state index contributed by atoms with van der Waals surface area (Å²) in [6, 6.07) is 7.32. The van der Waals surface area contributed by atoms with E-state index in [1.54, 1.807) is 6.07 Å². The molecule has 1 aromatic rings. The Labute approximate surface area is 131 Å². The summed E-state index contributed by atoms with van der Waals surface area (Å²) in [6.07, 6.45) is 1.87. The Morgan fingerprint density at radius 1 is 1.45 bits per heavy atom. The summed E-state index contributed by atoms with van der Waals surface area (Å²) < 4.78 is 5.78. The van der Waals surface area contributed by atoms with E-state index < -0.39 is 0 Å². The molecule has 0 heterocycles. The molecule has 0 radical (unpaired) electrons. The average Bonchev–Trinajstić information content (AvgIpc) is 2.43. The van der Waals surface area contributed by atoms with Gasteiger partial charge in [0.15, 0.2) is 0 Å². The van der Waals surface area contributed by atoms with Crippen LogP contribution in [0.25, 0.3) is 0 Å². The third-order valence-corrected chi connectivity index (χ3v) is 3.03. The summed E-state index contributed by atoms with van der Waals surface area (Å²) in [5.41, 5.74) is 5.36. The van der Waals surface area contributed by atoms with Crippen LogP contribution in [0.15, 0.2) is 24.3 Å². The molecule has 0 aliphatic heterocycles. The van der Waals surface area contributed by atoms with Crippen LogP contribution in [0, 0.1) is 0 Å². The third-order valence-electron chi connectivity index (χ3n) is 2.72. The van der Waals surface area contributed by atoms with Crippen LogP contribution in [0.2, 0.25) is 5.02 Å². The minimum Gasteiger partial charge on any atom is -0.487 e. The molecule has 0 aliphatic rings. The van der Waals surface area contributed by atoms with Crippen LogP contribution in [0.5, 0.6) is 5.75 Å². The van der Waals surface area contributed by atoms with Crippen LogP contribution < -0.4 is 15.8 Å². The lowest BCUT2D eigenvalue weighted by atomic mass is 10.2. The molecule has 1 atom stereocenters. The molecule has 0 bridgehead atoms. The molecule has 1 unspecified atom stereocenters. The largest absolute Gasteiger partial charge is 0.487 e. The number of carbonyl (C=O) groups is 1. The SMILES string of the molecule is CCC(CNC(=O)CCCN)Oc1ccccc1Cl.Cl. The molecule has 4 nitrogen and oxygen atoms in total. The topological polar surface area (TPSA) is 64.4 Å². The third kappa shape index (κ3) is 6.98. The van der Waals surface area contributed by atoms with E-state index in [1.807, 2.05) is 25.1 Å². The van der Waals surface area contributed by atoms with E-state index >= 15 is 0 Å². The number of rotatable bonds is 8. The summed E-state index contributed by atoms with van der Waals surface area (Å²) >= 11 is 6.03. The van der Waals surface area contributed by atoms with Crippen LogP contribution in [0.4, 0.5) is 0 Å². The number of benzene rings is 1. The predicted octanol–water partition coefficient (Wildman–Crippen LogP) is 2.77. The number of nitrogens with one attached hydrogen (secondary N) is 1. The molecule has 1 rings (SSSR count). The van der Waals surface area contributed by atoms with Gasteiger partial charge in [-0.15, -0.1) is 12.4 Å². The first-order valence-corrected chi connectivity index (χ1v) is 6.93. The first kappa shape index (κ1) is 19.0. The molecule has 1 amide bonds. The van der Waals surface area contributed by atoms with Crippen molar-refractivity contribution >= 4 is 29.9 Å². The van der Waals surface area contributed by atoms with E-state index in [1.165, 1.54) is 0 Å². The summed E-state index contributed by atoms with van der Waals surface area (Å²) in [5.74, 6) is 0.652. The maximum atomic E-state index is 11.5. The Hall–Kier alpha value is -0.970. The number of nitrogens with two attached hydrogens (primary N) is 1. The second-order valence-electron chi connectivity index (χ2n) is 4.27. The highest BCUT2D eigenvalue weighted by Gasteiger charge is 2.11. The van der Waals surface area contributed by atoms with Crippen LogP contribution in [-0.4, -0.2) is 25.1 Å². The minimum absolute atomic E-state index is 0. The normalized spacial score (nSPS) is 11.3. The first-order valence-electron chi connectivity index (χ1n) is 6.55. The summed E-state index contributed by atoms with van der Waals surface area (Å²) in [6.45, 7) is 3.01. The van der Waals surface area contributed by atoms with Gasteiger partial charge in [0.2, 0.25) is 5.91 Å². The fourth-order valence-electron chi connectivity index (χ4n) is 1.57. The smallest absolute Gasteiger partial charge is 0.220 e. The molecule has 3 N–H and O–H groups in total. The van der Waals surface area contributed by atoms with Gasteiger partial charge in [-0.2, -0.15) is 0 Å². The van der Waals surface area contributed by atoms with Crippen molar-refractivity contribution in [2.24, 2.45) is 5.73 Å². The zero-order valence-corrected chi connectivity index (χ0v) is 13.2. The van der Waals surface area contributed by atoms with Gasteiger partial charge in [-0.1, -0.05) is 30.7 Å². The number of hydrogen-bond donors (Lipinski definition) is 2. The molecule has 0 spiro atoms. The van der Waals surface area contributed by atoms with Gasteiger partial charge in [0.05, 0.1) is 11.6 Å². The van der Waals surface area contributed by atoms with Crippen molar-refractivity contribution in [2.45, 2.75) is 32.3 Å². The van der Waals surface area contributed by atoms with Crippen molar-refractivity contribution in [3.8, 4) is 5.75 Å². The van der Waals surface area contributed by atoms with E-state index in [0.29, 0.717) is 36.7 Å². The van der Waals surface area contributed by atoms with Gasteiger partial charge >= 0.3 is 0 Å². The average molecular weight is 321 g/mol. The number of halogens is 2. The van der Waals surface area contributed by atoms with Crippen LogP contribution >= 0.6 is 24.0 Å². The number of para-hydroxylation sites is 1. The maximum Gasteiger partial charge on any atom is 0.220 e. The molecular weight excluding hydrogens is 299 g/mol. The van der Waals surface area contributed by atoms with Crippen molar-refractivity contribution in [1.29, 1.82) is 0 Å². The Bertz CT molecular complexity index is 403. The lowest BCUT2D eigenvalue weighted by Gasteiger charge is -2.19. The Balaban J connectivity index is 0.00000361. The van der Waals surface area contributed by atoms with Crippen molar-refractivity contribution in [3.05, 3.63) is 29.3 Å². The predicted molar refractivity (Wildman–Crippen MR) is 84.7 cm³/mol. The molecule has 114 valence electrons. The van der Waals surface area contributed by atoms with Crippen LogP contribution in [-0.2, 0) is 4.79 Å². The molecule has 0 fully saturated rings. The lowest BCUT2D eigenvalue weighted by Crippen LogP contribution is -2.35. The van der Waals surface area contributed by atoms with E-state index in [0.717, 1.165) is 6.42 Å². The zero-order chi connectivity index (χ0) is 14.1. The molecule has 20 heavy (non-hydrogen) atoms. The van der Waals surface area contributed by atoms with Crippen molar-refractivity contribution in [3.63, 3.8) is 0 Å². The number of ether oxygens (including phenoxy) is 1. The molecule has 0 saturated heterocycles. The standard InChI is InChI=1S/C14H21ClN2O2.ClH/c1-2-11(10-17-14(18)8-5-9-16)19-13-7-4-3-6-12(13)15;/h3-4,6-7,11H,2,5,8-10,16H2,1H3,(H,17,18);1H. The van der Waals surface area contributed by atoms with Crippen molar-refractivity contribution in [1.82, 2.24) is 5.32 Å². The van der Waals surface area contributed by atoms with Gasteiger partial charge in [0.25, 0.3) is 0 Å². The van der Waals surface area contributed by atoms with Gasteiger partial charge in [-0.3, -0.25) is 4.79 Å². The van der Waals surface area contributed by atoms with Gasteiger partial charge in [0.1, 0.15) is 11.9 Å². The lowest BCUT2D eigenvalue weighted by molar-refractivity contribution is -0.121. The van der Waals surface area contributed by atoms with Gasteiger partial charge in [0, 0.05) is 6.42 Å². The number of amides is 1. The summed E-state index contributed by atoms with van der Waals surface area (Å²) in [7, 11) is 0. The molecule has 0 aliphatic carbocycles. The second kappa shape index (κ2) is 10.8. The zero-order valence-electron chi connectivity index (χ0n) is 11.6. The quantitative estimate of drug-likeness (QED) is 0.774. The van der Waals surface area contributed by atoms with Crippen LogP contribution in [0.1, 0.15) is 26.2 Å². The molecule has 0 aromatic heterocycles. The van der Waals surface area contributed by atoms with E-state index in [2.05, 4.69) is 5.32 Å². The monoisotopic (exact) mass is 320 g/mol.